The molecule has 1 N–H and O–H groups in total. The molecule has 4 aromatic rings. The van der Waals surface area contributed by atoms with Gasteiger partial charge in [-0.05, 0) is 60.5 Å². The van der Waals surface area contributed by atoms with Gasteiger partial charge in [-0.15, -0.1) is 0 Å². The van der Waals surface area contributed by atoms with E-state index in [2.05, 4.69) is 5.32 Å². The lowest BCUT2D eigenvalue weighted by atomic mass is 9.64. The summed E-state index contributed by atoms with van der Waals surface area (Å²) >= 11 is 6.62. The summed E-state index contributed by atoms with van der Waals surface area (Å²) in [5.74, 6) is -1.11. The first-order chi connectivity index (χ1) is 20.9. The number of Topliss-reactive ketones (excluding diaryl/α,β-unsaturated/α-hetero) is 2. The molecule has 4 aromatic carbocycles. The van der Waals surface area contributed by atoms with E-state index in [0.717, 1.165) is 16.8 Å². The average Bonchev–Trinajstić information content (AvgIpc) is 3.70. The van der Waals surface area contributed by atoms with Crippen LogP contribution >= 0.6 is 11.6 Å². The summed E-state index contributed by atoms with van der Waals surface area (Å²) in [6.07, 6.45) is 2.03. The average molecular weight is 589 g/mol. The summed E-state index contributed by atoms with van der Waals surface area (Å²) in [6.45, 7) is 2.06. The molecule has 1 amide bonds. The number of nitrogens with one attached hydrogen (secondary N) is 1. The maximum absolute atomic E-state index is 15.0. The Hall–Kier alpha value is -4.88. The summed E-state index contributed by atoms with van der Waals surface area (Å²) in [7, 11) is 0. The van der Waals surface area contributed by atoms with Gasteiger partial charge < -0.3 is 19.7 Å². The van der Waals surface area contributed by atoms with Gasteiger partial charge in [0, 0.05) is 28.1 Å². The Balaban J connectivity index is 1.44. The number of anilines is 2. The van der Waals surface area contributed by atoms with Crippen LogP contribution in [0.25, 0.3) is 5.57 Å². The third kappa shape index (κ3) is 3.45. The van der Waals surface area contributed by atoms with Gasteiger partial charge in [-0.25, -0.2) is 0 Å². The number of fused-ring (bicyclic) bond motifs is 7. The Morgan fingerprint density at radius 1 is 0.907 bits per heavy atom. The standard InChI is InChI=1S/C35H25ClN2O5/c1-19-16-29-35(23-10-4-6-12-25(23)37-34(35)41)30(32(39)20-14-15-27-28(17-20)43-18-42-27)31(33(40)22-9-2-5-11-24(22)36)38(29)26-13-7-3-8-21(19)26/h2-17,29-31H,18H2,1H3,(H,37,41)/t29-,30-,31-,35-/m0/s1. The Morgan fingerprint density at radius 3 is 2.51 bits per heavy atom. The predicted octanol–water partition coefficient (Wildman–Crippen LogP) is 6.31. The zero-order valence-electron chi connectivity index (χ0n) is 23.0. The molecule has 0 radical (unpaired) electrons. The zero-order valence-corrected chi connectivity index (χ0v) is 23.8. The molecule has 0 bridgehead atoms. The maximum Gasteiger partial charge on any atom is 0.238 e. The molecule has 0 saturated carbocycles. The molecular formula is C35H25ClN2O5. The quantitative estimate of drug-likeness (QED) is 0.281. The van der Waals surface area contributed by atoms with Gasteiger partial charge in [-0.3, -0.25) is 14.4 Å². The van der Waals surface area contributed by atoms with E-state index in [4.69, 9.17) is 21.1 Å². The van der Waals surface area contributed by atoms with Gasteiger partial charge in [0.25, 0.3) is 0 Å². The van der Waals surface area contributed by atoms with E-state index in [0.29, 0.717) is 33.9 Å². The number of carbonyl (C=O) groups is 3. The molecule has 43 heavy (non-hydrogen) atoms. The lowest BCUT2D eigenvalue weighted by molar-refractivity contribution is -0.121. The van der Waals surface area contributed by atoms with Gasteiger partial charge in [0.05, 0.1) is 17.0 Å². The minimum Gasteiger partial charge on any atom is -0.454 e. The summed E-state index contributed by atoms with van der Waals surface area (Å²) < 4.78 is 11.1. The first-order valence-corrected chi connectivity index (χ1v) is 14.5. The molecule has 0 aromatic heterocycles. The largest absolute Gasteiger partial charge is 0.454 e. The number of ketones is 2. The number of hydrogen-bond donors (Lipinski definition) is 1. The van der Waals surface area contributed by atoms with Crippen LogP contribution in [-0.4, -0.2) is 36.4 Å². The molecule has 4 heterocycles. The molecule has 8 heteroatoms. The zero-order chi connectivity index (χ0) is 29.5. The van der Waals surface area contributed by atoms with E-state index < -0.39 is 23.4 Å². The minimum absolute atomic E-state index is 0.0560. The lowest BCUT2D eigenvalue weighted by Crippen LogP contribution is -2.51. The molecule has 0 aliphatic carbocycles. The third-order valence-corrected chi connectivity index (χ3v) is 9.56. The van der Waals surface area contributed by atoms with Gasteiger partial charge in [0.2, 0.25) is 12.7 Å². The highest BCUT2D eigenvalue weighted by Gasteiger charge is 2.70. The molecule has 8 rings (SSSR count). The van der Waals surface area contributed by atoms with Crippen LogP contribution in [0.2, 0.25) is 5.02 Å². The van der Waals surface area contributed by atoms with E-state index in [1.54, 1.807) is 42.5 Å². The Kier molecular flexibility index (Phi) is 5.59. The van der Waals surface area contributed by atoms with Crippen molar-refractivity contribution < 1.29 is 23.9 Å². The van der Waals surface area contributed by atoms with Gasteiger partial charge in [0.1, 0.15) is 11.5 Å². The number of carbonyl (C=O) groups excluding carboxylic acids is 3. The number of nitrogens with zero attached hydrogens (tertiary/aromatic N) is 1. The van der Waals surface area contributed by atoms with Crippen molar-refractivity contribution in [1.82, 2.24) is 0 Å². The number of benzene rings is 4. The van der Waals surface area contributed by atoms with Gasteiger partial charge in [0.15, 0.2) is 23.1 Å². The number of halogens is 1. The monoisotopic (exact) mass is 588 g/mol. The second-order valence-corrected chi connectivity index (χ2v) is 11.7. The van der Waals surface area contributed by atoms with Crippen molar-refractivity contribution in [2.24, 2.45) is 5.92 Å². The van der Waals surface area contributed by atoms with Crippen LogP contribution in [0.5, 0.6) is 11.5 Å². The summed E-state index contributed by atoms with van der Waals surface area (Å²) in [6, 6.07) is 25.4. The van der Waals surface area contributed by atoms with Crippen molar-refractivity contribution in [3.63, 3.8) is 0 Å². The highest BCUT2D eigenvalue weighted by atomic mass is 35.5. The topological polar surface area (TPSA) is 84.9 Å². The molecule has 4 aliphatic rings. The van der Waals surface area contributed by atoms with E-state index in [9.17, 15) is 9.59 Å². The molecule has 212 valence electrons. The summed E-state index contributed by atoms with van der Waals surface area (Å²) in [5.41, 5.74) is 3.22. The lowest BCUT2D eigenvalue weighted by Gasteiger charge is -2.39. The summed E-state index contributed by atoms with van der Waals surface area (Å²) in [4.78, 5) is 46.4. The predicted molar refractivity (Wildman–Crippen MR) is 163 cm³/mol. The fourth-order valence-electron chi connectivity index (χ4n) is 7.44. The second kappa shape index (κ2) is 9.31. The van der Waals surface area contributed by atoms with Crippen LogP contribution in [0.4, 0.5) is 11.4 Å². The van der Waals surface area contributed by atoms with E-state index in [1.807, 2.05) is 66.4 Å². The smallest absolute Gasteiger partial charge is 0.238 e. The van der Waals surface area contributed by atoms with Crippen LogP contribution in [-0.2, 0) is 10.2 Å². The molecule has 1 spiro atoms. The Labute approximate surface area is 252 Å². The van der Waals surface area contributed by atoms with Crippen molar-refractivity contribution in [2.75, 3.05) is 17.0 Å². The number of amides is 1. The van der Waals surface area contributed by atoms with Gasteiger partial charge >= 0.3 is 0 Å². The maximum atomic E-state index is 15.0. The van der Waals surface area contributed by atoms with Crippen molar-refractivity contribution in [3.8, 4) is 11.5 Å². The first-order valence-electron chi connectivity index (χ1n) is 14.1. The van der Waals surface area contributed by atoms with Gasteiger partial charge in [-0.2, -0.15) is 0 Å². The Bertz CT molecular complexity index is 1920. The van der Waals surface area contributed by atoms with Crippen molar-refractivity contribution >= 4 is 46.0 Å². The Morgan fingerprint density at radius 2 is 1.65 bits per heavy atom. The van der Waals surface area contributed by atoms with Crippen LogP contribution < -0.4 is 19.7 Å². The number of hydrogen-bond acceptors (Lipinski definition) is 6. The normalized spacial score (nSPS) is 24.2. The van der Waals surface area contributed by atoms with Crippen LogP contribution in [0.15, 0.2) is 97.1 Å². The van der Waals surface area contributed by atoms with Crippen molar-refractivity contribution in [3.05, 3.63) is 124 Å². The highest BCUT2D eigenvalue weighted by Crippen LogP contribution is 2.59. The van der Waals surface area contributed by atoms with Crippen molar-refractivity contribution in [2.45, 2.75) is 24.4 Å². The van der Waals surface area contributed by atoms with E-state index in [-0.39, 0.29) is 29.3 Å². The van der Waals surface area contributed by atoms with Gasteiger partial charge in [-0.1, -0.05) is 66.2 Å². The second-order valence-electron chi connectivity index (χ2n) is 11.3. The number of allylic oxidation sites excluding steroid dienone is 1. The summed E-state index contributed by atoms with van der Waals surface area (Å²) in [5, 5.41) is 3.35. The first kappa shape index (κ1) is 25.8. The third-order valence-electron chi connectivity index (χ3n) is 9.23. The molecule has 4 aliphatic heterocycles. The molecule has 1 fully saturated rings. The van der Waals surface area contributed by atoms with Crippen molar-refractivity contribution in [1.29, 1.82) is 0 Å². The number of ether oxygens (including phenoxy) is 2. The molecular weight excluding hydrogens is 564 g/mol. The minimum atomic E-state index is -1.42. The van der Waals surface area contributed by atoms with Crippen LogP contribution in [0.1, 0.15) is 38.8 Å². The van der Waals surface area contributed by atoms with E-state index >= 15 is 4.79 Å². The highest BCUT2D eigenvalue weighted by molar-refractivity contribution is 6.34. The fourth-order valence-corrected chi connectivity index (χ4v) is 7.67. The molecule has 7 nitrogen and oxygen atoms in total. The van der Waals surface area contributed by atoms with E-state index in [1.165, 1.54) is 0 Å². The number of para-hydroxylation sites is 2. The molecule has 4 atom stereocenters. The number of rotatable bonds is 4. The van der Waals surface area contributed by atoms with Crippen LogP contribution in [0, 0.1) is 5.92 Å². The molecule has 1 saturated heterocycles. The fraction of sp³-hybridized carbons (Fsp3) is 0.171. The van der Waals surface area contributed by atoms with Crippen LogP contribution in [0.3, 0.4) is 0 Å². The molecule has 0 unspecified atom stereocenters. The SMILES string of the molecule is CC1=C[C@@H]2N(c3ccccc31)[C@H](C(=O)c1ccccc1Cl)[C@@H](C(=O)c1ccc3c(c1)OCO3)[C@@]21C(=O)Nc2ccccc21.